The summed E-state index contributed by atoms with van der Waals surface area (Å²) in [6, 6.07) is 17.3. The lowest BCUT2D eigenvalue weighted by Crippen LogP contribution is -2.60. The monoisotopic (exact) mass is 661 g/mol. The van der Waals surface area contributed by atoms with E-state index < -0.39 is 66.9 Å². The Balaban J connectivity index is 1.42. The highest BCUT2D eigenvalue weighted by molar-refractivity contribution is 6.09. The van der Waals surface area contributed by atoms with E-state index in [0.717, 1.165) is 36.1 Å². The molecule has 0 aromatic heterocycles. The van der Waals surface area contributed by atoms with Crippen molar-refractivity contribution in [3.05, 3.63) is 89.5 Å². The van der Waals surface area contributed by atoms with Crippen LogP contribution in [0, 0.1) is 0 Å². The van der Waals surface area contributed by atoms with Gasteiger partial charge in [-0.15, -0.1) is 0 Å². The van der Waals surface area contributed by atoms with Crippen molar-refractivity contribution in [3.8, 4) is 17.2 Å². The number of carboxylic acids is 1. The highest BCUT2D eigenvalue weighted by Gasteiger charge is 2.51. The molecule has 6 rings (SSSR count). The molecule has 0 bridgehead atoms. The first-order chi connectivity index (χ1) is 23.0. The van der Waals surface area contributed by atoms with Crippen molar-refractivity contribution in [3.63, 3.8) is 0 Å². The zero-order valence-corrected chi connectivity index (χ0v) is 26.0. The number of aromatic hydroxyl groups is 2. The van der Waals surface area contributed by atoms with Crippen LogP contribution in [0.5, 0.6) is 17.2 Å². The number of hydrogen-bond acceptors (Lipinski definition) is 10. The van der Waals surface area contributed by atoms with Gasteiger partial charge in [0.1, 0.15) is 36.2 Å². The number of aliphatic hydroxyl groups is 4. The average Bonchev–Trinajstić information content (AvgIpc) is 3.68. The van der Waals surface area contributed by atoms with Crippen LogP contribution in [0.4, 0.5) is 5.69 Å². The maximum Gasteiger partial charge on any atom is 0.327 e. The third-order valence-electron chi connectivity index (χ3n) is 9.88. The topological polar surface area (TPSA) is 197 Å². The molecule has 3 aromatic carbocycles. The number of rotatable bonds is 9. The molecule has 1 aliphatic carbocycles. The fourth-order valence-electron chi connectivity index (χ4n) is 7.43. The molecule has 1 amide bonds. The van der Waals surface area contributed by atoms with E-state index >= 15 is 0 Å². The molecule has 48 heavy (non-hydrogen) atoms. The van der Waals surface area contributed by atoms with E-state index in [1.165, 1.54) is 36.4 Å². The standard InChI is InChI=1S/C36H39NO11/c38-19-28-31(42)32(43)33(44)35(48-28)47-27-17-25-23(16-26(27)40)24(18-36(14-4-5-15-36)21-6-2-1-3-7-21)30(34(45)46)37(25)29(41)13-10-20-8-11-22(39)12-9-20/h1-3,6-13,16-17,24,28,30-33,35,38-40,42-44H,4-5,14-15,18-19H2,(H,45,46)/b13-10+/t24-,28-,30-,31-,32+,33-,35-/m1/s1. The minimum absolute atomic E-state index is 0.0479. The Morgan fingerprint density at radius 1 is 0.938 bits per heavy atom. The Hall–Kier alpha value is -4.46. The van der Waals surface area contributed by atoms with Crippen LogP contribution in [0.1, 0.15) is 54.7 Å². The SMILES string of the molecule is O=C(O)[C@H]1[C@H](CC2(c3ccccc3)CCCC2)c2cc(O)c(O[C@@H]3O[C@H](CO)[C@@H](O)[C@H](O)[C@H]3O)cc2N1C(=O)/C=C/c1ccc(O)cc1. The van der Waals surface area contributed by atoms with Gasteiger partial charge >= 0.3 is 5.97 Å². The number of phenolic OH excluding ortho intramolecular Hbond substituents is 2. The average molecular weight is 662 g/mol. The summed E-state index contributed by atoms with van der Waals surface area (Å²) < 4.78 is 11.2. The number of carboxylic acid groups (broad SMARTS) is 1. The lowest BCUT2D eigenvalue weighted by Gasteiger charge is -2.39. The third kappa shape index (κ3) is 6.25. The summed E-state index contributed by atoms with van der Waals surface area (Å²) in [6.07, 6.45) is -1.33. The Morgan fingerprint density at radius 2 is 1.62 bits per heavy atom. The molecule has 3 aromatic rings. The van der Waals surface area contributed by atoms with Crippen LogP contribution >= 0.6 is 0 Å². The number of anilines is 1. The lowest BCUT2D eigenvalue weighted by molar-refractivity contribution is -0.277. The van der Waals surface area contributed by atoms with Crippen LogP contribution < -0.4 is 9.64 Å². The zero-order valence-electron chi connectivity index (χ0n) is 26.0. The number of nitrogens with zero attached hydrogens (tertiary/aromatic N) is 1. The first kappa shape index (κ1) is 33.4. The van der Waals surface area contributed by atoms with E-state index in [0.29, 0.717) is 17.5 Å². The zero-order chi connectivity index (χ0) is 34.2. The summed E-state index contributed by atoms with van der Waals surface area (Å²) in [5.74, 6) is -3.26. The van der Waals surface area contributed by atoms with Crippen LogP contribution in [0.25, 0.3) is 6.08 Å². The van der Waals surface area contributed by atoms with Gasteiger partial charge in [-0.05, 0) is 65.6 Å². The Kier molecular flexibility index (Phi) is 9.46. The van der Waals surface area contributed by atoms with Gasteiger partial charge in [0.25, 0.3) is 5.91 Å². The van der Waals surface area contributed by atoms with Crippen LogP contribution in [0.3, 0.4) is 0 Å². The molecule has 0 radical (unpaired) electrons. The maximum absolute atomic E-state index is 14.0. The predicted octanol–water partition coefficient (Wildman–Crippen LogP) is 2.78. The number of phenols is 2. The van der Waals surface area contributed by atoms with E-state index in [2.05, 4.69) is 0 Å². The molecule has 2 fully saturated rings. The Labute approximate surface area is 276 Å². The van der Waals surface area contributed by atoms with Crippen molar-refractivity contribution in [2.75, 3.05) is 11.5 Å². The molecule has 7 atom stereocenters. The van der Waals surface area contributed by atoms with Crippen LogP contribution in [-0.4, -0.2) is 91.0 Å². The highest BCUT2D eigenvalue weighted by atomic mass is 16.7. The van der Waals surface area contributed by atoms with Gasteiger partial charge in [0.15, 0.2) is 11.5 Å². The fourth-order valence-corrected chi connectivity index (χ4v) is 7.43. The molecule has 0 unspecified atom stereocenters. The molecule has 2 aliphatic heterocycles. The first-order valence-corrected chi connectivity index (χ1v) is 16.0. The van der Waals surface area contributed by atoms with Crippen molar-refractivity contribution in [1.82, 2.24) is 0 Å². The summed E-state index contributed by atoms with van der Waals surface area (Å²) in [4.78, 5) is 28.2. The molecule has 2 heterocycles. The second-order valence-corrected chi connectivity index (χ2v) is 12.8. The molecule has 254 valence electrons. The first-order valence-electron chi connectivity index (χ1n) is 16.0. The van der Waals surface area contributed by atoms with Crippen molar-refractivity contribution >= 4 is 23.6 Å². The number of ether oxygens (including phenoxy) is 2. The second kappa shape index (κ2) is 13.6. The molecule has 0 spiro atoms. The maximum atomic E-state index is 14.0. The summed E-state index contributed by atoms with van der Waals surface area (Å²) in [6.45, 7) is -0.693. The molecule has 12 nitrogen and oxygen atoms in total. The van der Waals surface area contributed by atoms with Gasteiger partial charge in [-0.25, -0.2) is 4.79 Å². The van der Waals surface area contributed by atoms with E-state index in [1.807, 2.05) is 30.3 Å². The van der Waals surface area contributed by atoms with Gasteiger partial charge in [-0.2, -0.15) is 0 Å². The number of carbonyl (C=O) groups excluding carboxylic acids is 1. The van der Waals surface area contributed by atoms with E-state index in [1.54, 1.807) is 12.1 Å². The van der Waals surface area contributed by atoms with E-state index in [-0.39, 0.29) is 22.6 Å². The van der Waals surface area contributed by atoms with Gasteiger partial charge in [-0.1, -0.05) is 55.3 Å². The second-order valence-electron chi connectivity index (χ2n) is 12.8. The summed E-state index contributed by atoms with van der Waals surface area (Å²) in [7, 11) is 0. The summed E-state index contributed by atoms with van der Waals surface area (Å²) in [5.41, 5.74) is 1.91. The van der Waals surface area contributed by atoms with Gasteiger partial charge in [0.2, 0.25) is 6.29 Å². The largest absolute Gasteiger partial charge is 0.508 e. The molecule has 3 aliphatic rings. The van der Waals surface area contributed by atoms with Crippen molar-refractivity contribution in [1.29, 1.82) is 0 Å². The number of aliphatic carboxylic acids is 1. The molecule has 12 heteroatoms. The fraction of sp³-hybridized carbons (Fsp3) is 0.389. The van der Waals surface area contributed by atoms with Gasteiger partial charge in [-0.3, -0.25) is 9.69 Å². The smallest absolute Gasteiger partial charge is 0.327 e. The summed E-state index contributed by atoms with van der Waals surface area (Å²) in [5, 5.41) is 72.2. The number of benzene rings is 3. The summed E-state index contributed by atoms with van der Waals surface area (Å²) >= 11 is 0. The van der Waals surface area contributed by atoms with E-state index in [9.17, 15) is 45.3 Å². The van der Waals surface area contributed by atoms with Crippen LogP contribution in [0.2, 0.25) is 0 Å². The Morgan fingerprint density at radius 3 is 2.27 bits per heavy atom. The Bertz CT molecular complexity index is 1650. The minimum atomic E-state index is -1.77. The molecule has 1 saturated heterocycles. The normalized spacial score (nSPS) is 28.0. The molecular weight excluding hydrogens is 622 g/mol. The van der Waals surface area contributed by atoms with Crippen molar-refractivity contribution in [2.24, 2.45) is 0 Å². The van der Waals surface area contributed by atoms with Crippen molar-refractivity contribution < 1.29 is 54.8 Å². The number of carbonyl (C=O) groups is 2. The van der Waals surface area contributed by atoms with Gasteiger partial charge < -0.3 is 45.2 Å². The van der Waals surface area contributed by atoms with Gasteiger partial charge in [0, 0.05) is 18.1 Å². The predicted molar refractivity (Wildman–Crippen MR) is 172 cm³/mol. The molecule has 1 saturated carbocycles. The lowest BCUT2D eigenvalue weighted by atomic mass is 9.70. The van der Waals surface area contributed by atoms with Gasteiger partial charge in [0.05, 0.1) is 12.3 Å². The third-order valence-corrected chi connectivity index (χ3v) is 9.88. The number of amides is 1. The molecular formula is C36H39NO11. The van der Waals surface area contributed by atoms with E-state index in [4.69, 9.17) is 9.47 Å². The van der Waals surface area contributed by atoms with Crippen molar-refractivity contribution in [2.45, 2.75) is 80.2 Å². The minimum Gasteiger partial charge on any atom is -0.508 e. The van der Waals surface area contributed by atoms with Crippen LogP contribution in [0.15, 0.2) is 72.8 Å². The number of fused-ring (bicyclic) bond motifs is 1. The van der Waals surface area contributed by atoms with Crippen LogP contribution in [-0.2, 0) is 19.7 Å². The molecule has 7 N–H and O–H groups in total. The number of aliphatic hydroxyl groups excluding tert-OH is 4. The highest BCUT2D eigenvalue weighted by Crippen LogP contribution is 2.54. The number of hydrogen-bond donors (Lipinski definition) is 7. The quantitative estimate of drug-likeness (QED) is 0.167.